The minimum Gasteiger partial charge on any atom is -0.305 e. The standard InChI is InChI=1S/C11H15N3/c1-4-14(13(2)3)11-8-6-5-7-10(11)9-12/h5-8H,4H2,1-3H3. The van der Waals surface area contributed by atoms with E-state index in [-0.39, 0.29) is 0 Å². The Morgan fingerprint density at radius 2 is 1.93 bits per heavy atom. The predicted octanol–water partition coefficient (Wildman–Crippen LogP) is 1.86. The summed E-state index contributed by atoms with van der Waals surface area (Å²) in [5.74, 6) is 0. The number of hydrogen-bond donors (Lipinski definition) is 0. The quantitative estimate of drug-likeness (QED) is 0.680. The van der Waals surface area contributed by atoms with Crippen LogP contribution in [0.25, 0.3) is 0 Å². The van der Waals surface area contributed by atoms with Crippen molar-refractivity contribution in [3.8, 4) is 6.07 Å². The summed E-state index contributed by atoms with van der Waals surface area (Å²) >= 11 is 0. The van der Waals surface area contributed by atoms with Crippen LogP contribution in [-0.4, -0.2) is 25.6 Å². The molecule has 0 spiro atoms. The molecule has 0 unspecified atom stereocenters. The van der Waals surface area contributed by atoms with Crippen LogP contribution in [0.3, 0.4) is 0 Å². The van der Waals surface area contributed by atoms with Gasteiger partial charge in [0.15, 0.2) is 0 Å². The molecule has 3 heteroatoms. The highest BCUT2D eigenvalue weighted by Crippen LogP contribution is 2.19. The van der Waals surface area contributed by atoms with Gasteiger partial charge in [0.2, 0.25) is 0 Å². The summed E-state index contributed by atoms with van der Waals surface area (Å²) in [4.78, 5) is 0. The van der Waals surface area contributed by atoms with Crippen molar-refractivity contribution in [1.82, 2.24) is 5.01 Å². The zero-order valence-corrected chi connectivity index (χ0v) is 8.86. The summed E-state index contributed by atoms with van der Waals surface area (Å²) in [7, 11) is 3.94. The maximum atomic E-state index is 8.95. The van der Waals surface area contributed by atoms with E-state index in [0.29, 0.717) is 5.56 Å². The van der Waals surface area contributed by atoms with Crippen LogP contribution in [0.5, 0.6) is 0 Å². The van der Waals surface area contributed by atoms with Gasteiger partial charge in [-0.1, -0.05) is 12.1 Å². The van der Waals surface area contributed by atoms with Crippen LogP contribution in [0.2, 0.25) is 0 Å². The summed E-state index contributed by atoms with van der Waals surface area (Å²) < 4.78 is 0. The van der Waals surface area contributed by atoms with Crippen molar-refractivity contribution in [3.05, 3.63) is 29.8 Å². The Balaban J connectivity index is 3.10. The van der Waals surface area contributed by atoms with E-state index in [4.69, 9.17) is 5.26 Å². The molecule has 1 rings (SSSR count). The normalized spacial score (nSPS) is 9.93. The molecule has 74 valence electrons. The molecule has 0 fully saturated rings. The average molecular weight is 189 g/mol. The lowest BCUT2D eigenvalue weighted by molar-refractivity contribution is 0.376. The number of nitriles is 1. The lowest BCUT2D eigenvalue weighted by Gasteiger charge is -2.30. The van der Waals surface area contributed by atoms with Crippen LogP contribution in [0, 0.1) is 11.3 Å². The van der Waals surface area contributed by atoms with E-state index in [1.807, 2.05) is 43.4 Å². The van der Waals surface area contributed by atoms with Gasteiger partial charge < -0.3 is 5.01 Å². The lowest BCUT2D eigenvalue weighted by Crippen LogP contribution is -2.37. The van der Waals surface area contributed by atoms with E-state index in [1.54, 1.807) is 0 Å². The topological polar surface area (TPSA) is 30.3 Å². The van der Waals surface area contributed by atoms with Crippen LogP contribution in [0.1, 0.15) is 12.5 Å². The zero-order chi connectivity index (χ0) is 10.6. The molecule has 0 amide bonds. The molecule has 0 atom stereocenters. The third kappa shape index (κ3) is 2.04. The van der Waals surface area contributed by atoms with Crippen molar-refractivity contribution in [3.63, 3.8) is 0 Å². The minimum atomic E-state index is 0.711. The summed E-state index contributed by atoms with van der Waals surface area (Å²) in [6, 6.07) is 9.82. The summed E-state index contributed by atoms with van der Waals surface area (Å²) in [6.07, 6.45) is 0. The zero-order valence-electron chi connectivity index (χ0n) is 8.86. The maximum absolute atomic E-state index is 8.95. The summed E-state index contributed by atoms with van der Waals surface area (Å²) in [5, 5.41) is 13.0. The molecule has 0 saturated carbocycles. The maximum Gasteiger partial charge on any atom is 0.101 e. The van der Waals surface area contributed by atoms with Crippen LogP contribution < -0.4 is 5.01 Å². The van der Waals surface area contributed by atoms with Gasteiger partial charge in [-0.05, 0) is 19.1 Å². The number of nitrogens with zero attached hydrogens (tertiary/aromatic N) is 3. The van der Waals surface area contributed by atoms with Gasteiger partial charge in [0.05, 0.1) is 11.3 Å². The fourth-order valence-electron chi connectivity index (χ4n) is 1.46. The Hall–Kier alpha value is -1.53. The van der Waals surface area contributed by atoms with Gasteiger partial charge in [-0.15, -0.1) is 0 Å². The number of rotatable bonds is 3. The molecular formula is C11H15N3. The third-order valence-corrected chi connectivity index (χ3v) is 2.08. The number of hydrogen-bond acceptors (Lipinski definition) is 3. The summed E-state index contributed by atoms with van der Waals surface area (Å²) in [5.41, 5.74) is 1.67. The largest absolute Gasteiger partial charge is 0.305 e. The van der Waals surface area contributed by atoms with Gasteiger partial charge in [0, 0.05) is 20.6 Å². The van der Waals surface area contributed by atoms with Crippen LogP contribution in [0.4, 0.5) is 5.69 Å². The van der Waals surface area contributed by atoms with Gasteiger partial charge in [-0.3, -0.25) is 0 Å². The Labute approximate surface area is 85.1 Å². The molecule has 0 heterocycles. The number of benzene rings is 1. The van der Waals surface area contributed by atoms with Gasteiger partial charge in [0.25, 0.3) is 0 Å². The van der Waals surface area contributed by atoms with Crippen molar-refractivity contribution >= 4 is 5.69 Å². The molecule has 1 aromatic carbocycles. The average Bonchev–Trinajstić information content (AvgIpc) is 2.19. The van der Waals surface area contributed by atoms with E-state index in [2.05, 4.69) is 18.0 Å². The minimum absolute atomic E-state index is 0.711. The van der Waals surface area contributed by atoms with Crippen molar-refractivity contribution in [2.75, 3.05) is 25.6 Å². The number of hydrazine groups is 1. The molecule has 0 aliphatic rings. The van der Waals surface area contributed by atoms with E-state index in [0.717, 1.165) is 12.2 Å². The highest BCUT2D eigenvalue weighted by atomic mass is 15.6. The predicted molar refractivity (Wildman–Crippen MR) is 57.9 cm³/mol. The second-order valence-electron chi connectivity index (χ2n) is 3.19. The molecule has 1 aromatic rings. The fourth-order valence-corrected chi connectivity index (χ4v) is 1.46. The Kier molecular flexibility index (Phi) is 3.49. The van der Waals surface area contributed by atoms with Crippen LogP contribution in [-0.2, 0) is 0 Å². The Morgan fingerprint density at radius 3 is 2.43 bits per heavy atom. The smallest absolute Gasteiger partial charge is 0.101 e. The van der Waals surface area contributed by atoms with Gasteiger partial charge in [-0.2, -0.15) is 5.26 Å². The van der Waals surface area contributed by atoms with E-state index < -0.39 is 0 Å². The second-order valence-corrected chi connectivity index (χ2v) is 3.19. The number of para-hydroxylation sites is 1. The summed E-state index contributed by atoms with van der Waals surface area (Å²) in [6.45, 7) is 2.92. The van der Waals surface area contributed by atoms with Crippen LogP contribution >= 0.6 is 0 Å². The van der Waals surface area contributed by atoms with E-state index in [9.17, 15) is 0 Å². The molecule has 0 saturated heterocycles. The SMILES string of the molecule is CCN(c1ccccc1C#N)N(C)C. The first-order valence-electron chi connectivity index (χ1n) is 4.64. The third-order valence-electron chi connectivity index (χ3n) is 2.08. The van der Waals surface area contributed by atoms with Crippen molar-refractivity contribution < 1.29 is 0 Å². The first-order valence-corrected chi connectivity index (χ1v) is 4.64. The molecular weight excluding hydrogens is 174 g/mol. The molecule has 0 aliphatic heterocycles. The van der Waals surface area contributed by atoms with Crippen molar-refractivity contribution in [2.24, 2.45) is 0 Å². The highest BCUT2D eigenvalue weighted by molar-refractivity contribution is 5.58. The molecule has 14 heavy (non-hydrogen) atoms. The van der Waals surface area contributed by atoms with E-state index >= 15 is 0 Å². The molecule has 0 aromatic heterocycles. The molecule has 3 nitrogen and oxygen atoms in total. The Morgan fingerprint density at radius 1 is 1.29 bits per heavy atom. The second kappa shape index (κ2) is 4.64. The molecule has 0 N–H and O–H groups in total. The van der Waals surface area contributed by atoms with Gasteiger partial charge >= 0.3 is 0 Å². The molecule has 0 aliphatic carbocycles. The van der Waals surface area contributed by atoms with Crippen molar-refractivity contribution in [1.29, 1.82) is 5.26 Å². The lowest BCUT2D eigenvalue weighted by atomic mass is 10.2. The molecule has 0 bridgehead atoms. The Bertz CT molecular complexity index is 339. The monoisotopic (exact) mass is 189 g/mol. The van der Waals surface area contributed by atoms with Crippen LogP contribution in [0.15, 0.2) is 24.3 Å². The first kappa shape index (κ1) is 10.6. The highest BCUT2D eigenvalue weighted by Gasteiger charge is 2.09. The fraction of sp³-hybridized carbons (Fsp3) is 0.364. The first-order chi connectivity index (χ1) is 6.70. The van der Waals surface area contributed by atoms with Gasteiger partial charge in [0.1, 0.15) is 6.07 Å². The van der Waals surface area contributed by atoms with Crippen molar-refractivity contribution in [2.45, 2.75) is 6.92 Å². The molecule has 0 radical (unpaired) electrons. The van der Waals surface area contributed by atoms with E-state index in [1.165, 1.54) is 0 Å². The van der Waals surface area contributed by atoms with Gasteiger partial charge in [-0.25, -0.2) is 5.01 Å². The number of anilines is 1.